The zero-order valence-electron chi connectivity index (χ0n) is 15.4. The number of fused-ring (bicyclic) bond motifs is 1. The molecule has 0 bridgehead atoms. The molecule has 0 amide bonds. The third kappa shape index (κ3) is 3.37. The first-order valence-corrected chi connectivity index (χ1v) is 8.86. The molecule has 3 heterocycles. The van der Waals surface area contributed by atoms with E-state index >= 15 is 0 Å². The van der Waals surface area contributed by atoms with E-state index < -0.39 is 11.7 Å². The molecule has 2 aromatic heterocycles. The van der Waals surface area contributed by atoms with E-state index in [1.807, 2.05) is 4.90 Å². The summed E-state index contributed by atoms with van der Waals surface area (Å²) in [5, 5.41) is 3.26. The summed E-state index contributed by atoms with van der Waals surface area (Å²) in [5.41, 5.74) is 1.59. The summed E-state index contributed by atoms with van der Waals surface area (Å²) < 4.78 is 50.3. The van der Waals surface area contributed by atoms with Gasteiger partial charge in [-0.1, -0.05) is 0 Å². The predicted octanol–water partition coefficient (Wildman–Crippen LogP) is 3.64. The van der Waals surface area contributed by atoms with Crippen LogP contribution in [-0.2, 0) is 6.18 Å². The standard InChI is InChI=1S/C19H19F3N4O2/c1-11-9-12(19(20,21)22)10-15(27-2)16(11)13-3-4-14-17(24-13)25-18(28-14)26-7-5-23-6-8-26/h3-4,9-10,23H,5-8H2,1-2H3. The Morgan fingerprint density at radius 2 is 1.89 bits per heavy atom. The van der Waals surface area contributed by atoms with Crippen molar-refractivity contribution in [2.75, 3.05) is 38.2 Å². The average Bonchev–Trinajstić information content (AvgIpc) is 3.10. The van der Waals surface area contributed by atoms with E-state index in [0.29, 0.717) is 34.1 Å². The number of piperazine rings is 1. The molecule has 1 aliphatic heterocycles. The van der Waals surface area contributed by atoms with Gasteiger partial charge in [0.2, 0.25) is 5.65 Å². The van der Waals surface area contributed by atoms with E-state index in [9.17, 15) is 13.2 Å². The maximum Gasteiger partial charge on any atom is 0.416 e. The number of anilines is 1. The van der Waals surface area contributed by atoms with Crippen molar-refractivity contribution in [3.05, 3.63) is 35.4 Å². The number of aryl methyl sites for hydroxylation is 1. The molecule has 9 heteroatoms. The van der Waals surface area contributed by atoms with Gasteiger partial charge in [0, 0.05) is 31.7 Å². The lowest BCUT2D eigenvalue weighted by Crippen LogP contribution is -2.43. The van der Waals surface area contributed by atoms with Crippen LogP contribution in [-0.4, -0.2) is 43.3 Å². The van der Waals surface area contributed by atoms with Crippen LogP contribution in [0.3, 0.4) is 0 Å². The molecule has 0 atom stereocenters. The molecule has 0 spiro atoms. The van der Waals surface area contributed by atoms with E-state index in [4.69, 9.17) is 9.15 Å². The number of hydrogen-bond donors (Lipinski definition) is 1. The normalized spacial score (nSPS) is 15.2. The fourth-order valence-corrected chi connectivity index (χ4v) is 3.35. The second kappa shape index (κ2) is 6.97. The minimum atomic E-state index is -4.45. The molecule has 28 heavy (non-hydrogen) atoms. The number of halogens is 3. The number of aromatic nitrogens is 2. The number of oxazole rings is 1. The Labute approximate surface area is 159 Å². The number of alkyl halides is 3. The molecule has 3 aromatic rings. The maximum absolute atomic E-state index is 13.1. The minimum Gasteiger partial charge on any atom is -0.496 e. The lowest BCUT2D eigenvalue weighted by molar-refractivity contribution is -0.137. The number of benzene rings is 1. The first-order valence-electron chi connectivity index (χ1n) is 8.86. The summed E-state index contributed by atoms with van der Waals surface area (Å²) in [5.74, 6) is 0.116. The largest absolute Gasteiger partial charge is 0.496 e. The summed E-state index contributed by atoms with van der Waals surface area (Å²) in [6.45, 7) is 4.86. The molecule has 4 rings (SSSR count). The molecule has 1 fully saturated rings. The van der Waals surface area contributed by atoms with E-state index in [-0.39, 0.29) is 5.75 Å². The maximum atomic E-state index is 13.1. The molecule has 1 saturated heterocycles. The minimum absolute atomic E-state index is 0.116. The highest BCUT2D eigenvalue weighted by atomic mass is 19.4. The van der Waals surface area contributed by atoms with Crippen molar-refractivity contribution in [2.45, 2.75) is 13.1 Å². The second-order valence-electron chi connectivity index (χ2n) is 6.62. The van der Waals surface area contributed by atoms with Gasteiger partial charge in [0.1, 0.15) is 5.75 Å². The van der Waals surface area contributed by atoms with Gasteiger partial charge >= 0.3 is 6.18 Å². The SMILES string of the molecule is COc1cc(C(F)(F)F)cc(C)c1-c1ccc2oc(N3CCNCC3)nc2n1. The molecule has 148 valence electrons. The number of hydrogen-bond acceptors (Lipinski definition) is 6. The number of ether oxygens (including phenoxy) is 1. The Hall–Kier alpha value is -2.81. The van der Waals surface area contributed by atoms with Crippen LogP contribution in [0.1, 0.15) is 11.1 Å². The zero-order valence-corrected chi connectivity index (χ0v) is 15.4. The molecule has 1 aromatic carbocycles. The van der Waals surface area contributed by atoms with Gasteiger partial charge in [-0.05, 0) is 36.8 Å². The van der Waals surface area contributed by atoms with Crippen LogP contribution in [0.4, 0.5) is 19.2 Å². The van der Waals surface area contributed by atoms with Gasteiger partial charge in [-0.2, -0.15) is 18.2 Å². The smallest absolute Gasteiger partial charge is 0.416 e. The van der Waals surface area contributed by atoms with Crippen molar-refractivity contribution >= 4 is 17.2 Å². The van der Waals surface area contributed by atoms with Crippen LogP contribution >= 0.6 is 0 Å². The van der Waals surface area contributed by atoms with Crippen molar-refractivity contribution < 1.29 is 22.3 Å². The first-order chi connectivity index (χ1) is 13.4. The van der Waals surface area contributed by atoms with Crippen molar-refractivity contribution in [2.24, 2.45) is 0 Å². The van der Waals surface area contributed by atoms with Gasteiger partial charge < -0.3 is 19.4 Å². The highest BCUT2D eigenvalue weighted by Crippen LogP contribution is 2.39. The van der Waals surface area contributed by atoms with Crippen LogP contribution in [0.2, 0.25) is 0 Å². The van der Waals surface area contributed by atoms with Crippen LogP contribution in [0, 0.1) is 6.92 Å². The van der Waals surface area contributed by atoms with Crippen LogP contribution in [0.15, 0.2) is 28.7 Å². The van der Waals surface area contributed by atoms with Crippen LogP contribution in [0.25, 0.3) is 22.5 Å². The summed E-state index contributed by atoms with van der Waals surface area (Å²) in [6.07, 6.45) is -4.45. The number of nitrogens with one attached hydrogen (secondary N) is 1. The Morgan fingerprint density at radius 1 is 1.14 bits per heavy atom. The third-order valence-corrected chi connectivity index (χ3v) is 4.73. The monoisotopic (exact) mass is 392 g/mol. The summed E-state index contributed by atoms with van der Waals surface area (Å²) in [6, 6.07) is 6.01. The van der Waals surface area contributed by atoms with Crippen molar-refractivity contribution in [1.29, 1.82) is 0 Å². The first kappa shape index (κ1) is 18.5. The number of pyridine rings is 1. The molecule has 0 unspecified atom stereocenters. The lowest BCUT2D eigenvalue weighted by Gasteiger charge is -2.25. The Morgan fingerprint density at radius 3 is 2.57 bits per heavy atom. The van der Waals surface area contributed by atoms with E-state index in [0.717, 1.165) is 38.3 Å². The van der Waals surface area contributed by atoms with E-state index in [2.05, 4.69) is 15.3 Å². The topological polar surface area (TPSA) is 63.4 Å². The van der Waals surface area contributed by atoms with Gasteiger partial charge in [0.05, 0.1) is 18.4 Å². The van der Waals surface area contributed by atoms with Gasteiger partial charge in [-0.3, -0.25) is 0 Å². The number of rotatable bonds is 3. The number of methoxy groups -OCH3 is 1. The van der Waals surface area contributed by atoms with Crippen LogP contribution in [0.5, 0.6) is 5.75 Å². The molecular weight excluding hydrogens is 373 g/mol. The summed E-state index contributed by atoms with van der Waals surface area (Å²) in [4.78, 5) is 11.0. The van der Waals surface area contributed by atoms with Crippen LogP contribution < -0.4 is 15.0 Å². The molecule has 0 aliphatic carbocycles. The summed E-state index contributed by atoms with van der Waals surface area (Å²) >= 11 is 0. The fraction of sp³-hybridized carbons (Fsp3) is 0.368. The quantitative estimate of drug-likeness (QED) is 0.734. The predicted molar refractivity (Wildman–Crippen MR) is 98.6 cm³/mol. The summed E-state index contributed by atoms with van der Waals surface area (Å²) in [7, 11) is 1.34. The molecule has 1 N–H and O–H groups in total. The Balaban J connectivity index is 1.76. The lowest BCUT2D eigenvalue weighted by atomic mass is 10.00. The highest BCUT2D eigenvalue weighted by Gasteiger charge is 2.32. The Bertz CT molecular complexity index is 1010. The van der Waals surface area contributed by atoms with Gasteiger partial charge in [-0.15, -0.1) is 0 Å². The third-order valence-electron chi connectivity index (χ3n) is 4.73. The van der Waals surface area contributed by atoms with E-state index in [1.165, 1.54) is 7.11 Å². The van der Waals surface area contributed by atoms with Crippen molar-refractivity contribution in [3.8, 4) is 17.0 Å². The van der Waals surface area contributed by atoms with Gasteiger partial charge in [0.25, 0.3) is 6.01 Å². The van der Waals surface area contributed by atoms with Gasteiger partial charge in [0.15, 0.2) is 5.58 Å². The molecule has 0 radical (unpaired) electrons. The fourth-order valence-electron chi connectivity index (χ4n) is 3.35. The highest BCUT2D eigenvalue weighted by molar-refractivity contribution is 5.79. The molecule has 0 saturated carbocycles. The van der Waals surface area contributed by atoms with Gasteiger partial charge in [-0.25, -0.2) is 4.98 Å². The molecule has 1 aliphatic rings. The molecular formula is C19H19F3N4O2. The average molecular weight is 392 g/mol. The van der Waals surface area contributed by atoms with Crippen molar-refractivity contribution in [1.82, 2.24) is 15.3 Å². The zero-order chi connectivity index (χ0) is 19.9. The van der Waals surface area contributed by atoms with Crippen molar-refractivity contribution in [3.63, 3.8) is 0 Å². The second-order valence-corrected chi connectivity index (χ2v) is 6.62. The number of nitrogens with zero attached hydrogens (tertiary/aromatic N) is 3. The van der Waals surface area contributed by atoms with E-state index in [1.54, 1.807) is 19.1 Å². The molecule has 6 nitrogen and oxygen atoms in total. The Kier molecular flexibility index (Phi) is 4.62.